The van der Waals surface area contributed by atoms with Gasteiger partial charge in [0.05, 0.1) is 23.1 Å². The van der Waals surface area contributed by atoms with E-state index in [1.807, 2.05) is 4.90 Å². The van der Waals surface area contributed by atoms with E-state index in [0.717, 1.165) is 0 Å². The molecule has 134 valence electrons. The van der Waals surface area contributed by atoms with Gasteiger partial charge in [-0.1, -0.05) is 0 Å². The molecule has 0 aromatic carbocycles. The minimum atomic E-state index is -0.131. The van der Waals surface area contributed by atoms with Gasteiger partial charge in [-0.3, -0.25) is 19.3 Å². The largest absolute Gasteiger partial charge is 0.358 e. The predicted molar refractivity (Wildman–Crippen MR) is 96.0 cm³/mol. The lowest BCUT2D eigenvalue weighted by Gasteiger charge is -2.34. The Morgan fingerprint density at radius 1 is 1.28 bits per heavy atom. The summed E-state index contributed by atoms with van der Waals surface area (Å²) in [6.45, 7) is 4.59. The summed E-state index contributed by atoms with van der Waals surface area (Å²) in [5.41, 5.74) is 0.569. The molecule has 1 aliphatic rings. The number of aromatic nitrogens is 2. The first kappa shape index (κ1) is 17.6. The van der Waals surface area contributed by atoms with Gasteiger partial charge in [-0.15, -0.1) is 11.3 Å². The van der Waals surface area contributed by atoms with E-state index in [2.05, 4.69) is 10.3 Å². The molecule has 0 spiro atoms. The monoisotopic (exact) mass is 363 g/mol. The van der Waals surface area contributed by atoms with Crippen LogP contribution >= 0.6 is 11.3 Å². The number of hydrogen-bond donors (Lipinski definition) is 1. The molecule has 0 atom stereocenters. The van der Waals surface area contributed by atoms with Crippen LogP contribution in [-0.4, -0.2) is 70.9 Å². The molecule has 1 saturated heterocycles. The van der Waals surface area contributed by atoms with Crippen LogP contribution in [0.1, 0.15) is 15.2 Å². The van der Waals surface area contributed by atoms with Crippen molar-refractivity contribution in [1.82, 2.24) is 24.7 Å². The Balaban J connectivity index is 1.78. The standard InChI is InChI=1S/C16H21N5O3S/c1-10-12-14(18-9-19(3)15(12)23)25-13(10)16(24)21-6-4-20(5-7-21)8-11(22)17-2/h9H,4-8H2,1-3H3,(H,17,22). The third-order valence-electron chi connectivity index (χ3n) is 4.51. The van der Waals surface area contributed by atoms with Crippen LogP contribution in [-0.2, 0) is 11.8 Å². The van der Waals surface area contributed by atoms with Gasteiger partial charge in [0, 0.05) is 40.3 Å². The molecule has 2 aromatic rings. The zero-order valence-electron chi connectivity index (χ0n) is 14.5. The number of nitrogens with one attached hydrogen (secondary N) is 1. The number of fused-ring (bicyclic) bond motifs is 1. The maximum absolute atomic E-state index is 12.9. The quantitative estimate of drug-likeness (QED) is 0.817. The van der Waals surface area contributed by atoms with Crippen molar-refractivity contribution in [3.63, 3.8) is 0 Å². The summed E-state index contributed by atoms with van der Waals surface area (Å²) < 4.78 is 1.42. The minimum absolute atomic E-state index is 0.0259. The molecule has 9 heteroatoms. The average Bonchev–Trinajstić information content (AvgIpc) is 2.95. The molecule has 0 saturated carbocycles. The number of rotatable bonds is 3. The van der Waals surface area contributed by atoms with Crippen LogP contribution < -0.4 is 10.9 Å². The van der Waals surface area contributed by atoms with Crippen molar-refractivity contribution < 1.29 is 9.59 Å². The zero-order valence-corrected chi connectivity index (χ0v) is 15.4. The number of likely N-dealkylation sites (N-methyl/N-ethyl adjacent to an activating group) is 1. The van der Waals surface area contributed by atoms with Crippen LogP contribution in [0.2, 0.25) is 0 Å². The van der Waals surface area contributed by atoms with Crippen molar-refractivity contribution in [3.8, 4) is 0 Å². The lowest BCUT2D eigenvalue weighted by molar-refractivity contribution is -0.122. The lowest BCUT2D eigenvalue weighted by Crippen LogP contribution is -2.50. The van der Waals surface area contributed by atoms with Crippen molar-refractivity contribution in [2.45, 2.75) is 6.92 Å². The number of carbonyl (C=O) groups excluding carboxylic acids is 2. The fourth-order valence-corrected chi connectivity index (χ4v) is 4.05. The second kappa shape index (κ2) is 6.93. The van der Waals surface area contributed by atoms with Gasteiger partial charge in [0.15, 0.2) is 0 Å². The van der Waals surface area contributed by atoms with Crippen LogP contribution in [0.3, 0.4) is 0 Å². The van der Waals surface area contributed by atoms with Gasteiger partial charge in [-0.05, 0) is 12.5 Å². The van der Waals surface area contributed by atoms with Gasteiger partial charge in [0.25, 0.3) is 11.5 Å². The van der Waals surface area contributed by atoms with Gasteiger partial charge < -0.3 is 14.8 Å². The van der Waals surface area contributed by atoms with E-state index < -0.39 is 0 Å². The fourth-order valence-electron chi connectivity index (χ4n) is 2.95. The van der Waals surface area contributed by atoms with Crippen LogP contribution in [0.5, 0.6) is 0 Å². The highest BCUT2D eigenvalue weighted by Gasteiger charge is 2.27. The number of nitrogens with zero attached hydrogens (tertiary/aromatic N) is 4. The summed E-state index contributed by atoms with van der Waals surface area (Å²) in [4.78, 5) is 45.9. The molecule has 0 aliphatic carbocycles. The molecule has 1 fully saturated rings. The molecule has 0 radical (unpaired) electrons. The van der Waals surface area contributed by atoms with Crippen molar-refractivity contribution in [2.75, 3.05) is 39.8 Å². The van der Waals surface area contributed by atoms with Crippen molar-refractivity contribution >= 4 is 33.4 Å². The van der Waals surface area contributed by atoms with E-state index in [1.54, 1.807) is 25.9 Å². The summed E-state index contributed by atoms with van der Waals surface area (Å²) in [5, 5.41) is 3.13. The van der Waals surface area contributed by atoms with E-state index in [9.17, 15) is 14.4 Å². The molecule has 1 aliphatic heterocycles. The number of aryl methyl sites for hydroxylation is 2. The van der Waals surface area contributed by atoms with Crippen LogP contribution in [0.4, 0.5) is 0 Å². The molecular formula is C16H21N5O3S. The van der Waals surface area contributed by atoms with Crippen LogP contribution in [0.15, 0.2) is 11.1 Å². The first-order valence-electron chi connectivity index (χ1n) is 8.09. The molecule has 3 rings (SSSR count). The number of carbonyl (C=O) groups is 2. The van der Waals surface area contributed by atoms with Crippen molar-refractivity contribution in [1.29, 1.82) is 0 Å². The summed E-state index contributed by atoms with van der Waals surface area (Å²) in [6.07, 6.45) is 1.48. The predicted octanol–water partition coefficient (Wildman–Crippen LogP) is -0.193. The van der Waals surface area contributed by atoms with Gasteiger partial charge in [-0.2, -0.15) is 0 Å². The Hall–Kier alpha value is -2.26. The summed E-state index contributed by atoms with van der Waals surface area (Å²) in [5.74, 6) is -0.0933. The molecule has 8 nitrogen and oxygen atoms in total. The highest BCUT2D eigenvalue weighted by atomic mass is 32.1. The number of thiophene rings is 1. The summed E-state index contributed by atoms with van der Waals surface area (Å²) >= 11 is 1.27. The highest BCUT2D eigenvalue weighted by Crippen LogP contribution is 2.28. The summed E-state index contributed by atoms with van der Waals surface area (Å²) in [6, 6.07) is 0. The molecule has 2 amide bonds. The zero-order chi connectivity index (χ0) is 18.1. The van der Waals surface area contributed by atoms with Gasteiger partial charge in [0.1, 0.15) is 4.83 Å². The molecule has 25 heavy (non-hydrogen) atoms. The Kier molecular flexibility index (Phi) is 4.87. The van der Waals surface area contributed by atoms with E-state index >= 15 is 0 Å². The van der Waals surface area contributed by atoms with E-state index in [4.69, 9.17) is 0 Å². The Morgan fingerprint density at radius 3 is 2.60 bits per heavy atom. The average molecular weight is 363 g/mol. The molecule has 2 aromatic heterocycles. The Labute approximate surface area is 149 Å². The Morgan fingerprint density at radius 2 is 1.96 bits per heavy atom. The highest BCUT2D eigenvalue weighted by molar-refractivity contribution is 7.20. The smallest absolute Gasteiger partial charge is 0.264 e. The minimum Gasteiger partial charge on any atom is -0.358 e. The fraction of sp³-hybridized carbons (Fsp3) is 0.500. The lowest BCUT2D eigenvalue weighted by atomic mass is 10.2. The maximum Gasteiger partial charge on any atom is 0.264 e. The van der Waals surface area contributed by atoms with Gasteiger partial charge >= 0.3 is 0 Å². The second-order valence-corrected chi connectivity index (χ2v) is 7.14. The van der Waals surface area contributed by atoms with E-state index in [-0.39, 0.29) is 17.4 Å². The normalized spacial score (nSPS) is 15.6. The first-order valence-corrected chi connectivity index (χ1v) is 8.91. The van der Waals surface area contributed by atoms with Gasteiger partial charge in [0.2, 0.25) is 5.91 Å². The number of hydrogen-bond acceptors (Lipinski definition) is 6. The third kappa shape index (κ3) is 3.29. The summed E-state index contributed by atoms with van der Waals surface area (Å²) in [7, 11) is 3.27. The third-order valence-corrected chi connectivity index (χ3v) is 5.70. The number of amides is 2. The Bertz CT molecular complexity index is 880. The molecular weight excluding hydrogens is 342 g/mol. The first-order chi connectivity index (χ1) is 11.9. The molecule has 0 unspecified atom stereocenters. The van der Waals surface area contributed by atoms with E-state index in [0.29, 0.717) is 53.4 Å². The molecule has 0 bridgehead atoms. The van der Waals surface area contributed by atoms with Crippen LogP contribution in [0, 0.1) is 6.92 Å². The van der Waals surface area contributed by atoms with Gasteiger partial charge in [-0.25, -0.2) is 4.98 Å². The van der Waals surface area contributed by atoms with Crippen molar-refractivity contribution in [3.05, 3.63) is 27.1 Å². The maximum atomic E-state index is 12.9. The van der Waals surface area contributed by atoms with Crippen LogP contribution in [0.25, 0.3) is 10.2 Å². The molecule has 1 N–H and O–H groups in total. The van der Waals surface area contributed by atoms with Crippen molar-refractivity contribution in [2.24, 2.45) is 7.05 Å². The second-order valence-electron chi connectivity index (χ2n) is 6.14. The molecule has 3 heterocycles. The topological polar surface area (TPSA) is 87.5 Å². The SMILES string of the molecule is CNC(=O)CN1CCN(C(=O)c2sc3ncn(C)c(=O)c3c2C)CC1. The van der Waals surface area contributed by atoms with E-state index in [1.165, 1.54) is 22.2 Å². The number of piperazine rings is 1.